The Kier molecular flexibility index (Phi) is 58.1. The number of nitrogens with zero attached hydrogens (tertiary/aromatic N) is 1. The molecule has 79 heavy (non-hydrogen) atoms. The number of rotatable bonds is 61. The number of likely N-dealkylation sites (N-methyl/N-ethyl adjacent to an activating group) is 1. The predicted octanol–water partition coefficient (Wildman–Crippen LogP) is 20.6. The molecular formula is C69H126NO8P. The molecule has 460 valence electrons. The van der Waals surface area contributed by atoms with Crippen molar-refractivity contribution >= 4 is 19.8 Å². The summed E-state index contributed by atoms with van der Waals surface area (Å²) in [6.45, 7) is 4.17. The maximum atomic E-state index is 12.8. The summed E-state index contributed by atoms with van der Waals surface area (Å²) >= 11 is 0. The third kappa shape index (κ3) is 64.5. The molecular weight excluding hydrogens is 1000 g/mol. The van der Waals surface area contributed by atoms with Crippen molar-refractivity contribution < 1.29 is 42.1 Å². The molecule has 0 N–H and O–H groups in total. The number of hydrogen-bond donors (Lipinski definition) is 0. The van der Waals surface area contributed by atoms with E-state index in [9.17, 15) is 19.0 Å². The second-order valence-electron chi connectivity index (χ2n) is 23.5. The number of carbonyl (C=O) groups excluding carboxylic acids is 2. The molecule has 0 bridgehead atoms. The van der Waals surface area contributed by atoms with Crippen LogP contribution >= 0.6 is 7.82 Å². The lowest BCUT2D eigenvalue weighted by molar-refractivity contribution is -0.870. The highest BCUT2D eigenvalue weighted by Gasteiger charge is 2.22. The van der Waals surface area contributed by atoms with E-state index in [2.05, 4.69) is 86.8 Å². The second-order valence-corrected chi connectivity index (χ2v) is 24.9. The predicted molar refractivity (Wildman–Crippen MR) is 337 cm³/mol. The third-order valence-corrected chi connectivity index (χ3v) is 15.5. The van der Waals surface area contributed by atoms with Crippen LogP contribution in [0, 0.1) is 0 Å². The van der Waals surface area contributed by atoms with Gasteiger partial charge in [-0.25, -0.2) is 0 Å². The van der Waals surface area contributed by atoms with E-state index in [4.69, 9.17) is 18.5 Å². The highest BCUT2D eigenvalue weighted by Crippen LogP contribution is 2.38. The first-order chi connectivity index (χ1) is 38.5. The van der Waals surface area contributed by atoms with E-state index in [0.29, 0.717) is 17.4 Å². The Labute approximate surface area is 489 Å². The molecule has 0 aromatic heterocycles. The van der Waals surface area contributed by atoms with Crippen LogP contribution in [0.4, 0.5) is 0 Å². The maximum Gasteiger partial charge on any atom is 0.306 e. The molecule has 0 amide bonds. The molecule has 0 aliphatic carbocycles. The number of esters is 2. The van der Waals surface area contributed by atoms with Crippen LogP contribution in [0.3, 0.4) is 0 Å². The summed E-state index contributed by atoms with van der Waals surface area (Å²) in [6, 6.07) is 0. The van der Waals surface area contributed by atoms with Gasteiger partial charge in [-0.05, 0) is 64.2 Å². The topological polar surface area (TPSA) is 111 Å². The van der Waals surface area contributed by atoms with Crippen LogP contribution in [0.15, 0.2) is 72.9 Å². The van der Waals surface area contributed by atoms with Crippen LogP contribution < -0.4 is 4.89 Å². The van der Waals surface area contributed by atoms with Gasteiger partial charge in [0.1, 0.15) is 19.8 Å². The average Bonchev–Trinajstić information content (AvgIpc) is 3.41. The number of phosphoric acid groups is 1. The van der Waals surface area contributed by atoms with E-state index >= 15 is 0 Å². The lowest BCUT2D eigenvalue weighted by Crippen LogP contribution is -2.37. The van der Waals surface area contributed by atoms with Gasteiger partial charge < -0.3 is 27.9 Å². The first kappa shape index (κ1) is 76.5. The molecule has 0 saturated carbocycles. The minimum absolute atomic E-state index is 0.0316. The van der Waals surface area contributed by atoms with Gasteiger partial charge in [-0.2, -0.15) is 0 Å². The number of allylic oxidation sites excluding steroid dienone is 12. The molecule has 0 aromatic rings. The fourth-order valence-corrected chi connectivity index (χ4v) is 10.2. The molecule has 0 saturated heterocycles. The van der Waals surface area contributed by atoms with Crippen molar-refractivity contribution in [3.63, 3.8) is 0 Å². The van der Waals surface area contributed by atoms with E-state index in [-0.39, 0.29) is 32.0 Å². The summed E-state index contributed by atoms with van der Waals surface area (Å²) in [4.78, 5) is 38.0. The first-order valence-corrected chi connectivity index (χ1v) is 34.6. The minimum atomic E-state index is -4.64. The van der Waals surface area contributed by atoms with Gasteiger partial charge in [0.05, 0.1) is 27.7 Å². The number of quaternary nitrogens is 1. The lowest BCUT2D eigenvalue weighted by atomic mass is 10.0. The van der Waals surface area contributed by atoms with Crippen LogP contribution in [0.2, 0.25) is 0 Å². The molecule has 0 aliphatic rings. The van der Waals surface area contributed by atoms with Crippen molar-refractivity contribution in [2.75, 3.05) is 47.5 Å². The first-order valence-electron chi connectivity index (χ1n) is 33.1. The van der Waals surface area contributed by atoms with E-state index in [0.717, 1.165) is 77.0 Å². The molecule has 2 unspecified atom stereocenters. The van der Waals surface area contributed by atoms with Crippen molar-refractivity contribution in [1.29, 1.82) is 0 Å². The van der Waals surface area contributed by atoms with Crippen LogP contribution in [-0.4, -0.2) is 70.0 Å². The van der Waals surface area contributed by atoms with Gasteiger partial charge in [0.25, 0.3) is 7.82 Å². The zero-order valence-electron chi connectivity index (χ0n) is 52.3. The van der Waals surface area contributed by atoms with E-state index < -0.39 is 26.5 Å². The number of carbonyl (C=O) groups is 2. The van der Waals surface area contributed by atoms with Gasteiger partial charge in [-0.1, -0.05) is 299 Å². The van der Waals surface area contributed by atoms with Gasteiger partial charge >= 0.3 is 11.9 Å². The Morgan fingerprint density at radius 3 is 1.08 bits per heavy atom. The monoisotopic (exact) mass is 1130 g/mol. The van der Waals surface area contributed by atoms with Gasteiger partial charge in [0.2, 0.25) is 0 Å². The lowest BCUT2D eigenvalue weighted by Gasteiger charge is -2.28. The molecule has 0 rings (SSSR count). The molecule has 0 radical (unpaired) electrons. The van der Waals surface area contributed by atoms with Crippen LogP contribution in [0.5, 0.6) is 0 Å². The number of unbranched alkanes of at least 4 members (excludes halogenated alkanes) is 35. The molecule has 0 heterocycles. The Bertz CT molecular complexity index is 1560. The summed E-state index contributed by atoms with van der Waals surface area (Å²) in [5.41, 5.74) is 0. The highest BCUT2D eigenvalue weighted by atomic mass is 31.2. The second kappa shape index (κ2) is 60.1. The van der Waals surface area contributed by atoms with Crippen LogP contribution in [0.1, 0.15) is 303 Å². The Hall–Kier alpha value is -2.55. The summed E-state index contributed by atoms with van der Waals surface area (Å²) in [5.74, 6) is -0.823. The summed E-state index contributed by atoms with van der Waals surface area (Å²) < 4.78 is 34.3. The van der Waals surface area contributed by atoms with Crippen LogP contribution in [0.25, 0.3) is 0 Å². The summed E-state index contributed by atoms with van der Waals surface area (Å²) in [7, 11) is 1.17. The number of phosphoric ester groups is 1. The van der Waals surface area contributed by atoms with Gasteiger partial charge in [0.15, 0.2) is 6.10 Å². The molecule has 0 spiro atoms. The fourth-order valence-electron chi connectivity index (χ4n) is 9.43. The van der Waals surface area contributed by atoms with Crippen molar-refractivity contribution in [3.8, 4) is 0 Å². The van der Waals surface area contributed by atoms with Gasteiger partial charge in [-0.3, -0.25) is 14.2 Å². The van der Waals surface area contributed by atoms with Gasteiger partial charge in [-0.15, -0.1) is 0 Å². The smallest absolute Gasteiger partial charge is 0.306 e. The molecule has 0 fully saturated rings. The third-order valence-electron chi connectivity index (χ3n) is 14.5. The van der Waals surface area contributed by atoms with Crippen molar-refractivity contribution in [2.24, 2.45) is 0 Å². The van der Waals surface area contributed by atoms with Crippen LogP contribution in [-0.2, 0) is 32.7 Å². The molecule has 2 atom stereocenters. The standard InChI is InChI=1S/C69H126NO8P/c1-6-8-10-12-14-16-18-20-22-24-26-28-30-32-33-34-35-36-37-38-40-42-44-46-48-50-52-54-56-58-60-62-69(72)78-67(66-77-79(73,74)76-64-63-70(3,4)5)65-75-68(71)61-59-57-55-53-51-49-47-45-43-41-39-31-29-27-25-23-21-19-17-15-13-11-9-7-2/h8,10,14,16,20,22,26,28,32-33,35-36,67H,6-7,9,11-13,15,17-19,21,23-25,27,29-31,34,37-66H2,1-5H3/b10-8-,16-14-,22-20-,28-26-,33-32-,36-35-. The molecule has 0 aromatic carbocycles. The molecule has 10 heteroatoms. The van der Waals surface area contributed by atoms with Gasteiger partial charge in [0, 0.05) is 12.8 Å². The largest absolute Gasteiger partial charge is 0.756 e. The summed E-state index contributed by atoms with van der Waals surface area (Å²) in [5, 5.41) is 0. The van der Waals surface area contributed by atoms with Crippen molar-refractivity contribution in [2.45, 2.75) is 309 Å². The molecule has 9 nitrogen and oxygen atoms in total. The average molecular weight is 1130 g/mol. The highest BCUT2D eigenvalue weighted by molar-refractivity contribution is 7.45. The summed E-state index contributed by atoms with van der Waals surface area (Å²) in [6.07, 6.45) is 79.7. The zero-order chi connectivity index (χ0) is 57.7. The minimum Gasteiger partial charge on any atom is -0.756 e. The fraction of sp³-hybridized carbons (Fsp3) is 0.797. The van der Waals surface area contributed by atoms with E-state index in [1.807, 2.05) is 21.1 Å². The Morgan fingerprint density at radius 2 is 0.722 bits per heavy atom. The van der Waals surface area contributed by atoms with Crippen molar-refractivity contribution in [3.05, 3.63) is 72.9 Å². The van der Waals surface area contributed by atoms with E-state index in [1.54, 1.807) is 0 Å². The molecule has 0 aliphatic heterocycles. The number of ether oxygens (including phenoxy) is 2. The normalized spacial score (nSPS) is 13.6. The Morgan fingerprint density at radius 1 is 0.405 bits per heavy atom. The maximum absolute atomic E-state index is 12.8. The van der Waals surface area contributed by atoms with E-state index in [1.165, 1.54) is 193 Å². The SMILES string of the molecule is CC/C=C\C/C=C\C/C=C\C/C=C\C/C=C\C/C=C\CCCCCCCCCCCCCCC(=O)OC(COC(=O)CCCCCCCCCCCCCCCCCCCCCCCCCC)COP(=O)([O-])OCC[N+](C)(C)C. The quantitative estimate of drug-likeness (QED) is 0.0195. The van der Waals surface area contributed by atoms with Crippen molar-refractivity contribution in [1.82, 2.24) is 0 Å². The zero-order valence-corrected chi connectivity index (χ0v) is 53.2. The number of hydrogen-bond acceptors (Lipinski definition) is 8. The Balaban J connectivity index is 4.08.